The van der Waals surface area contributed by atoms with Crippen LogP contribution in [0.3, 0.4) is 0 Å². The van der Waals surface area contributed by atoms with E-state index in [0.29, 0.717) is 13.2 Å². The van der Waals surface area contributed by atoms with Crippen molar-refractivity contribution >= 4 is 10.9 Å². The predicted molar refractivity (Wildman–Crippen MR) is 62.2 cm³/mol. The van der Waals surface area contributed by atoms with E-state index in [4.69, 9.17) is 11.2 Å². The maximum Gasteiger partial charge on any atom is 0.213 e. The van der Waals surface area contributed by atoms with Gasteiger partial charge >= 0.3 is 0 Å². The number of pyridine rings is 1. The highest BCUT2D eigenvalue weighted by atomic mass is 16.5. The van der Waals surface area contributed by atoms with E-state index in [1.807, 2.05) is 6.07 Å². The molecule has 0 amide bonds. The molecule has 0 aliphatic carbocycles. The zero-order valence-corrected chi connectivity index (χ0v) is 8.94. The zero-order valence-electron chi connectivity index (χ0n) is 8.94. The lowest BCUT2D eigenvalue weighted by Gasteiger charge is -2.01. The summed E-state index contributed by atoms with van der Waals surface area (Å²) in [6, 6.07) is 10.4. The highest BCUT2D eigenvalue weighted by Crippen LogP contribution is 2.21. The maximum atomic E-state index is 5.66. The average molecular weight is 210 g/mol. The van der Waals surface area contributed by atoms with E-state index < -0.39 is 0 Å². The van der Waals surface area contributed by atoms with Gasteiger partial charge < -0.3 is 4.74 Å². The minimum atomic E-state index is 0.617. The lowest BCUT2D eigenvalue weighted by molar-refractivity contribution is -0.666. The van der Waals surface area contributed by atoms with Crippen molar-refractivity contribution in [3.8, 4) is 18.1 Å². The molecular formula is C14H12NO+. The molecule has 4 heterocycles. The average Bonchev–Trinajstić information content (AvgIpc) is 2.46. The molecule has 2 heteroatoms. The van der Waals surface area contributed by atoms with Crippen LogP contribution >= 0.6 is 0 Å². The van der Waals surface area contributed by atoms with Crippen LogP contribution in [0.5, 0.6) is 5.75 Å². The molecule has 3 aliphatic heterocycles. The van der Waals surface area contributed by atoms with E-state index in [2.05, 4.69) is 34.8 Å². The Hall–Kier alpha value is -2.01. The summed E-state index contributed by atoms with van der Waals surface area (Å²) in [7, 11) is 0. The molecule has 0 unspecified atom stereocenters. The number of aromatic nitrogens is 1. The molecular weight excluding hydrogens is 198 g/mol. The Morgan fingerprint density at radius 2 is 2.25 bits per heavy atom. The van der Waals surface area contributed by atoms with Gasteiger partial charge in [0, 0.05) is 12.1 Å². The smallest absolute Gasteiger partial charge is 0.213 e. The second kappa shape index (κ2) is 3.53. The minimum absolute atomic E-state index is 0.617. The number of nitrogens with zero attached hydrogens (tertiary/aromatic N) is 1. The molecule has 16 heavy (non-hydrogen) atoms. The van der Waals surface area contributed by atoms with Crippen molar-refractivity contribution in [2.24, 2.45) is 0 Å². The number of hydrogen-bond donors (Lipinski definition) is 0. The summed E-state index contributed by atoms with van der Waals surface area (Å²) < 4.78 is 7.85. The van der Waals surface area contributed by atoms with Crippen molar-refractivity contribution in [3.05, 3.63) is 36.0 Å². The van der Waals surface area contributed by atoms with Crippen molar-refractivity contribution in [2.45, 2.75) is 13.0 Å². The van der Waals surface area contributed by atoms with Gasteiger partial charge in [0.2, 0.25) is 12.1 Å². The van der Waals surface area contributed by atoms with Gasteiger partial charge in [-0.2, -0.15) is 4.57 Å². The maximum absolute atomic E-state index is 5.66. The van der Waals surface area contributed by atoms with Crippen LogP contribution in [-0.2, 0) is 13.0 Å². The van der Waals surface area contributed by atoms with Crippen molar-refractivity contribution < 1.29 is 9.30 Å². The highest BCUT2D eigenvalue weighted by molar-refractivity contribution is 5.77. The van der Waals surface area contributed by atoms with Crippen molar-refractivity contribution in [3.63, 3.8) is 0 Å². The molecule has 0 fully saturated rings. The number of fused-ring (bicyclic) bond motifs is 2. The lowest BCUT2D eigenvalue weighted by atomic mass is 10.1. The molecule has 0 saturated carbocycles. The molecule has 0 saturated heterocycles. The van der Waals surface area contributed by atoms with Gasteiger partial charge in [-0.1, -0.05) is 0 Å². The van der Waals surface area contributed by atoms with Crippen LogP contribution in [0.1, 0.15) is 5.69 Å². The van der Waals surface area contributed by atoms with Gasteiger partial charge in [0.1, 0.15) is 5.75 Å². The van der Waals surface area contributed by atoms with E-state index in [1.165, 1.54) is 16.6 Å². The molecule has 4 bridgehead atoms. The van der Waals surface area contributed by atoms with Gasteiger partial charge in [-0.25, -0.2) is 0 Å². The van der Waals surface area contributed by atoms with Crippen LogP contribution in [0, 0.1) is 12.3 Å². The quantitative estimate of drug-likeness (QED) is 0.515. The Morgan fingerprint density at radius 3 is 3.12 bits per heavy atom. The van der Waals surface area contributed by atoms with Crippen LogP contribution in [-0.4, -0.2) is 6.61 Å². The Labute approximate surface area is 94.5 Å². The lowest BCUT2D eigenvalue weighted by Crippen LogP contribution is -2.39. The standard InChI is InChI=1S/C14H12NO/c1-2-8-15-12-4-3-11-10-13(16-9-7-12)5-6-14(11)15/h1,3-6,10H,7-9H2/q+1. The summed E-state index contributed by atoms with van der Waals surface area (Å²) in [6.07, 6.45) is 6.32. The molecule has 2 aromatic rings. The van der Waals surface area contributed by atoms with E-state index >= 15 is 0 Å². The third-order valence-electron chi connectivity index (χ3n) is 2.97. The van der Waals surface area contributed by atoms with E-state index in [0.717, 1.165) is 12.2 Å². The topological polar surface area (TPSA) is 13.1 Å². The highest BCUT2D eigenvalue weighted by Gasteiger charge is 2.17. The van der Waals surface area contributed by atoms with E-state index in [1.54, 1.807) is 0 Å². The Kier molecular flexibility index (Phi) is 2.04. The normalized spacial score (nSPS) is 13.2. The Balaban J connectivity index is 2.37. The molecule has 3 aliphatic rings. The molecule has 0 radical (unpaired) electrons. The number of rotatable bonds is 1. The summed E-state index contributed by atoms with van der Waals surface area (Å²) in [5, 5.41) is 1.18. The first-order valence-corrected chi connectivity index (χ1v) is 5.40. The molecule has 0 atom stereocenters. The van der Waals surface area contributed by atoms with Gasteiger partial charge in [-0.15, -0.1) is 6.42 Å². The summed E-state index contributed by atoms with van der Waals surface area (Å²) in [4.78, 5) is 0. The van der Waals surface area contributed by atoms with Gasteiger partial charge in [0.05, 0.1) is 18.4 Å². The van der Waals surface area contributed by atoms with Crippen LogP contribution < -0.4 is 9.30 Å². The first-order chi connectivity index (χ1) is 7.88. The molecule has 0 N–H and O–H groups in total. The van der Waals surface area contributed by atoms with E-state index in [9.17, 15) is 0 Å². The first-order valence-electron chi connectivity index (χ1n) is 5.40. The number of terminal acetylenes is 1. The Bertz CT molecular complexity index is 595. The third-order valence-corrected chi connectivity index (χ3v) is 2.97. The van der Waals surface area contributed by atoms with E-state index in [-0.39, 0.29) is 0 Å². The largest absolute Gasteiger partial charge is 0.493 e. The van der Waals surface area contributed by atoms with Gasteiger partial charge in [-0.05, 0) is 24.1 Å². The Morgan fingerprint density at radius 1 is 1.31 bits per heavy atom. The van der Waals surface area contributed by atoms with Crippen molar-refractivity contribution in [1.29, 1.82) is 0 Å². The zero-order chi connectivity index (χ0) is 11.0. The summed E-state index contributed by atoms with van der Waals surface area (Å²) in [5.74, 6) is 3.65. The van der Waals surface area contributed by atoms with Crippen molar-refractivity contribution in [2.75, 3.05) is 6.61 Å². The fourth-order valence-corrected chi connectivity index (χ4v) is 2.20. The fraction of sp³-hybridized carbons (Fsp3) is 0.214. The molecule has 2 nitrogen and oxygen atoms in total. The second-order valence-electron chi connectivity index (χ2n) is 3.93. The second-order valence-corrected chi connectivity index (χ2v) is 3.93. The molecule has 1 aromatic heterocycles. The van der Waals surface area contributed by atoms with Crippen LogP contribution in [0.2, 0.25) is 0 Å². The van der Waals surface area contributed by atoms with Gasteiger partial charge in [0.15, 0.2) is 5.69 Å². The molecule has 1 aromatic carbocycles. The fourth-order valence-electron chi connectivity index (χ4n) is 2.20. The molecule has 0 spiro atoms. The predicted octanol–water partition coefficient (Wildman–Crippen LogP) is 1.70. The first kappa shape index (κ1) is 9.23. The number of ether oxygens (including phenoxy) is 1. The third kappa shape index (κ3) is 1.33. The van der Waals surface area contributed by atoms with Crippen LogP contribution in [0.4, 0.5) is 0 Å². The summed E-state index contributed by atoms with van der Waals surface area (Å²) in [5.41, 5.74) is 2.42. The monoisotopic (exact) mass is 210 g/mol. The summed E-state index contributed by atoms with van der Waals surface area (Å²) >= 11 is 0. The number of hydrogen-bond acceptors (Lipinski definition) is 1. The van der Waals surface area contributed by atoms with Crippen LogP contribution in [0.15, 0.2) is 30.3 Å². The molecule has 5 rings (SSSR count). The number of benzene rings is 1. The molecule has 78 valence electrons. The van der Waals surface area contributed by atoms with Crippen LogP contribution in [0.25, 0.3) is 10.9 Å². The minimum Gasteiger partial charge on any atom is -0.493 e. The van der Waals surface area contributed by atoms with Gasteiger partial charge in [0.25, 0.3) is 0 Å². The van der Waals surface area contributed by atoms with Gasteiger partial charge in [-0.3, -0.25) is 0 Å². The van der Waals surface area contributed by atoms with Crippen molar-refractivity contribution in [1.82, 2.24) is 0 Å². The SMILES string of the molecule is C#CC[n+]1c2ccc3cc(ccc31)OCC2. The summed E-state index contributed by atoms with van der Waals surface area (Å²) in [6.45, 7) is 1.32.